The number of hydrogen-bond donors (Lipinski definition) is 2. The normalized spacial score (nSPS) is 14.4. The first-order valence-electron chi connectivity index (χ1n) is 6.47. The summed E-state index contributed by atoms with van der Waals surface area (Å²) in [5, 5.41) is 9.84. The van der Waals surface area contributed by atoms with Gasteiger partial charge in [0.2, 0.25) is 5.88 Å². The minimum absolute atomic E-state index is 0.0268. The summed E-state index contributed by atoms with van der Waals surface area (Å²) >= 11 is 0. The van der Waals surface area contributed by atoms with Gasteiger partial charge in [0.25, 0.3) is 0 Å². The van der Waals surface area contributed by atoms with E-state index in [4.69, 9.17) is 15.2 Å². The second-order valence-corrected chi connectivity index (χ2v) is 5.50. The molecular weight excluding hydrogens is 260 g/mol. The fraction of sp³-hybridized carbons (Fsp3) is 0.571. The van der Waals surface area contributed by atoms with Gasteiger partial charge in [0, 0.05) is 18.3 Å². The Labute approximate surface area is 118 Å². The number of rotatable bonds is 6. The summed E-state index contributed by atoms with van der Waals surface area (Å²) in [4.78, 5) is 15.5. The number of nitrogens with zero attached hydrogens (tertiary/aromatic N) is 1. The fourth-order valence-corrected chi connectivity index (χ4v) is 1.44. The summed E-state index contributed by atoms with van der Waals surface area (Å²) in [6, 6.07) is 4.47. The van der Waals surface area contributed by atoms with Crippen molar-refractivity contribution in [1.29, 1.82) is 0 Å². The summed E-state index contributed by atoms with van der Waals surface area (Å²) in [5.74, 6) is -0.0436. The van der Waals surface area contributed by atoms with Crippen molar-refractivity contribution in [2.24, 2.45) is 5.73 Å². The molecule has 6 heteroatoms. The summed E-state index contributed by atoms with van der Waals surface area (Å²) in [6.45, 7) is 5.30. The van der Waals surface area contributed by atoms with Gasteiger partial charge >= 0.3 is 5.97 Å². The van der Waals surface area contributed by atoms with Crippen molar-refractivity contribution < 1.29 is 19.4 Å². The number of nitrogens with two attached hydrogens (primary N) is 1. The van der Waals surface area contributed by atoms with E-state index in [1.165, 1.54) is 0 Å². The van der Waals surface area contributed by atoms with E-state index in [2.05, 4.69) is 4.98 Å². The molecule has 0 aliphatic rings. The van der Waals surface area contributed by atoms with E-state index < -0.39 is 23.7 Å². The molecule has 2 atom stereocenters. The number of pyridine rings is 1. The maximum absolute atomic E-state index is 11.6. The van der Waals surface area contributed by atoms with E-state index in [1.807, 2.05) is 0 Å². The maximum atomic E-state index is 11.6. The molecule has 2 unspecified atom stereocenters. The van der Waals surface area contributed by atoms with Gasteiger partial charge in [-0.1, -0.05) is 6.07 Å². The predicted octanol–water partition coefficient (Wildman–Crippen LogP) is 0.880. The number of hydrogen-bond acceptors (Lipinski definition) is 6. The molecule has 0 aliphatic carbocycles. The van der Waals surface area contributed by atoms with Crippen LogP contribution in [0.4, 0.5) is 0 Å². The van der Waals surface area contributed by atoms with E-state index in [-0.39, 0.29) is 13.0 Å². The average Bonchev–Trinajstić information content (AvgIpc) is 2.34. The van der Waals surface area contributed by atoms with E-state index in [9.17, 15) is 9.90 Å². The Morgan fingerprint density at radius 2 is 2.15 bits per heavy atom. The Hall–Kier alpha value is -1.66. The highest BCUT2D eigenvalue weighted by Crippen LogP contribution is 2.10. The molecule has 20 heavy (non-hydrogen) atoms. The van der Waals surface area contributed by atoms with Crippen LogP contribution in [0.5, 0.6) is 5.88 Å². The SMILES string of the molecule is CC(C)(C)OC(=O)CC(N)C(O)COc1ccccn1. The van der Waals surface area contributed by atoms with Gasteiger partial charge in [-0.25, -0.2) is 4.98 Å². The first-order chi connectivity index (χ1) is 9.28. The van der Waals surface area contributed by atoms with Crippen LogP contribution in [0.25, 0.3) is 0 Å². The van der Waals surface area contributed by atoms with Crippen molar-refractivity contribution in [2.75, 3.05) is 6.61 Å². The monoisotopic (exact) mass is 282 g/mol. The van der Waals surface area contributed by atoms with Gasteiger partial charge < -0.3 is 20.3 Å². The lowest BCUT2D eigenvalue weighted by Gasteiger charge is -2.22. The molecule has 1 aromatic rings. The molecule has 0 aliphatic heterocycles. The molecule has 1 rings (SSSR count). The Morgan fingerprint density at radius 1 is 1.45 bits per heavy atom. The van der Waals surface area contributed by atoms with Gasteiger partial charge in [-0.2, -0.15) is 0 Å². The first-order valence-corrected chi connectivity index (χ1v) is 6.47. The lowest BCUT2D eigenvalue weighted by Crippen LogP contribution is -2.41. The van der Waals surface area contributed by atoms with Gasteiger partial charge in [0.1, 0.15) is 18.3 Å². The van der Waals surface area contributed by atoms with Crippen LogP contribution in [0.2, 0.25) is 0 Å². The minimum atomic E-state index is -0.968. The number of ether oxygens (including phenoxy) is 2. The topological polar surface area (TPSA) is 94.7 Å². The third-order valence-electron chi connectivity index (χ3n) is 2.36. The molecule has 3 N–H and O–H groups in total. The Morgan fingerprint density at radius 3 is 2.70 bits per heavy atom. The molecule has 0 bridgehead atoms. The molecule has 1 heterocycles. The maximum Gasteiger partial charge on any atom is 0.307 e. The Balaban J connectivity index is 2.35. The van der Waals surface area contributed by atoms with E-state index in [0.717, 1.165) is 0 Å². The van der Waals surface area contributed by atoms with E-state index in [0.29, 0.717) is 5.88 Å². The summed E-state index contributed by atoms with van der Waals surface area (Å²) in [5.41, 5.74) is 5.19. The van der Waals surface area contributed by atoms with Gasteiger partial charge in [-0.15, -0.1) is 0 Å². The molecule has 0 aromatic carbocycles. The zero-order valence-electron chi connectivity index (χ0n) is 12.1. The number of aromatic nitrogens is 1. The summed E-state index contributed by atoms with van der Waals surface area (Å²) < 4.78 is 10.4. The quantitative estimate of drug-likeness (QED) is 0.752. The summed E-state index contributed by atoms with van der Waals surface area (Å²) in [6.07, 6.45) is 0.552. The molecule has 6 nitrogen and oxygen atoms in total. The van der Waals surface area contributed by atoms with E-state index >= 15 is 0 Å². The van der Waals surface area contributed by atoms with Crippen LogP contribution in [0.1, 0.15) is 27.2 Å². The molecular formula is C14H22N2O4. The van der Waals surface area contributed by atoms with Gasteiger partial charge in [-0.05, 0) is 26.8 Å². The molecule has 0 fully saturated rings. The van der Waals surface area contributed by atoms with Gasteiger partial charge in [0.15, 0.2) is 0 Å². The number of carbonyl (C=O) groups is 1. The molecule has 1 aromatic heterocycles. The highest BCUT2D eigenvalue weighted by Gasteiger charge is 2.23. The molecule has 112 valence electrons. The second kappa shape index (κ2) is 7.21. The van der Waals surface area contributed by atoms with Crippen molar-refractivity contribution in [3.63, 3.8) is 0 Å². The second-order valence-electron chi connectivity index (χ2n) is 5.50. The molecule has 0 radical (unpaired) electrons. The Bertz CT molecular complexity index is 417. The largest absolute Gasteiger partial charge is 0.475 e. The van der Waals surface area contributed by atoms with Crippen LogP contribution in [-0.4, -0.2) is 40.4 Å². The third-order valence-corrected chi connectivity index (χ3v) is 2.36. The molecule has 0 saturated heterocycles. The predicted molar refractivity (Wildman–Crippen MR) is 74.2 cm³/mol. The molecule has 0 saturated carbocycles. The first kappa shape index (κ1) is 16.4. The lowest BCUT2D eigenvalue weighted by atomic mass is 10.1. The minimum Gasteiger partial charge on any atom is -0.475 e. The number of aliphatic hydroxyl groups is 1. The van der Waals surface area contributed by atoms with Crippen LogP contribution >= 0.6 is 0 Å². The fourth-order valence-electron chi connectivity index (χ4n) is 1.44. The van der Waals surface area contributed by atoms with Gasteiger partial charge in [0.05, 0.1) is 6.42 Å². The number of aliphatic hydroxyl groups excluding tert-OH is 1. The zero-order valence-corrected chi connectivity index (χ0v) is 12.1. The van der Waals surface area contributed by atoms with E-state index in [1.54, 1.807) is 45.2 Å². The zero-order chi connectivity index (χ0) is 15.2. The number of esters is 1. The van der Waals surface area contributed by atoms with Crippen LogP contribution in [-0.2, 0) is 9.53 Å². The smallest absolute Gasteiger partial charge is 0.307 e. The van der Waals surface area contributed by atoms with Crippen molar-refractivity contribution in [3.8, 4) is 5.88 Å². The molecule has 0 spiro atoms. The standard InChI is InChI=1S/C14H22N2O4/c1-14(2,3)20-13(18)8-10(15)11(17)9-19-12-6-4-5-7-16-12/h4-7,10-11,17H,8-9,15H2,1-3H3. The molecule has 0 amide bonds. The van der Waals surface area contributed by atoms with Crippen LogP contribution < -0.4 is 10.5 Å². The van der Waals surface area contributed by atoms with Crippen LogP contribution in [0.15, 0.2) is 24.4 Å². The van der Waals surface area contributed by atoms with Crippen LogP contribution in [0.3, 0.4) is 0 Å². The highest BCUT2D eigenvalue weighted by atomic mass is 16.6. The average molecular weight is 282 g/mol. The third kappa shape index (κ3) is 6.49. The van der Waals surface area contributed by atoms with Crippen LogP contribution in [0, 0.1) is 0 Å². The highest BCUT2D eigenvalue weighted by molar-refractivity contribution is 5.70. The van der Waals surface area contributed by atoms with Crippen molar-refractivity contribution in [2.45, 2.75) is 44.9 Å². The van der Waals surface area contributed by atoms with Crippen molar-refractivity contribution >= 4 is 5.97 Å². The Kier molecular flexibility index (Phi) is 5.91. The van der Waals surface area contributed by atoms with Gasteiger partial charge in [-0.3, -0.25) is 4.79 Å². The van der Waals surface area contributed by atoms with Crippen molar-refractivity contribution in [1.82, 2.24) is 4.98 Å². The lowest BCUT2D eigenvalue weighted by molar-refractivity contribution is -0.156. The summed E-state index contributed by atoms with van der Waals surface area (Å²) in [7, 11) is 0. The van der Waals surface area contributed by atoms with Crippen molar-refractivity contribution in [3.05, 3.63) is 24.4 Å². The number of carbonyl (C=O) groups excluding carboxylic acids is 1.